The summed E-state index contributed by atoms with van der Waals surface area (Å²) in [6, 6.07) is 0.363. The number of hydrogen-bond acceptors (Lipinski definition) is 4. The van der Waals surface area contributed by atoms with E-state index in [2.05, 4.69) is 52.8 Å². The highest BCUT2D eigenvalue weighted by Gasteiger charge is 2.12. The van der Waals surface area contributed by atoms with E-state index in [1.807, 2.05) is 6.26 Å². The summed E-state index contributed by atoms with van der Waals surface area (Å²) in [5.41, 5.74) is 5.85. The number of nitrogens with two attached hydrogens (primary N) is 1. The third-order valence-electron chi connectivity index (χ3n) is 3.37. The maximum absolute atomic E-state index is 5.85. The van der Waals surface area contributed by atoms with E-state index < -0.39 is 0 Å². The molecule has 1 unspecified atom stereocenters. The molecule has 0 amide bonds. The third-order valence-corrected chi connectivity index (χ3v) is 4.04. The van der Waals surface area contributed by atoms with Gasteiger partial charge in [0.25, 0.3) is 0 Å². The molecule has 0 radical (unpaired) electrons. The molecule has 0 bridgehead atoms. The van der Waals surface area contributed by atoms with E-state index in [-0.39, 0.29) is 0 Å². The first kappa shape index (κ1) is 18.8. The van der Waals surface area contributed by atoms with Crippen molar-refractivity contribution in [1.82, 2.24) is 20.1 Å². The Balaban J connectivity index is 2.51. The zero-order valence-electron chi connectivity index (χ0n) is 14.5. The Hall–Kier alpha value is -1.24. The number of thioether (sulfide) groups is 1. The van der Waals surface area contributed by atoms with Gasteiger partial charge in [0.05, 0.1) is 0 Å². The predicted molar refractivity (Wildman–Crippen MR) is 94.3 cm³/mol. The Morgan fingerprint density at radius 2 is 2.09 bits per heavy atom. The molecule has 0 aliphatic heterocycles. The van der Waals surface area contributed by atoms with Crippen LogP contribution >= 0.6 is 11.8 Å². The Kier molecular flexibility index (Phi) is 8.30. The fourth-order valence-corrected chi connectivity index (χ4v) is 2.56. The van der Waals surface area contributed by atoms with E-state index in [1.165, 1.54) is 0 Å². The summed E-state index contributed by atoms with van der Waals surface area (Å²) >= 11 is 1.64. The van der Waals surface area contributed by atoms with Crippen molar-refractivity contribution >= 4 is 17.7 Å². The first-order chi connectivity index (χ1) is 10.5. The highest BCUT2D eigenvalue weighted by molar-refractivity contribution is 7.98. The van der Waals surface area contributed by atoms with Crippen LogP contribution in [-0.4, -0.2) is 39.6 Å². The molecule has 3 N–H and O–H groups in total. The van der Waals surface area contributed by atoms with Gasteiger partial charge in [-0.05, 0) is 31.9 Å². The van der Waals surface area contributed by atoms with Crippen molar-refractivity contribution in [2.75, 3.05) is 12.8 Å². The van der Waals surface area contributed by atoms with Gasteiger partial charge in [0.15, 0.2) is 11.1 Å². The van der Waals surface area contributed by atoms with Crippen molar-refractivity contribution in [3.63, 3.8) is 0 Å². The van der Waals surface area contributed by atoms with Crippen LogP contribution in [0, 0.1) is 5.92 Å². The van der Waals surface area contributed by atoms with E-state index >= 15 is 0 Å². The van der Waals surface area contributed by atoms with Crippen LogP contribution in [0.25, 0.3) is 0 Å². The van der Waals surface area contributed by atoms with Crippen LogP contribution in [0.1, 0.15) is 46.4 Å². The van der Waals surface area contributed by atoms with Gasteiger partial charge < -0.3 is 15.6 Å². The van der Waals surface area contributed by atoms with Crippen molar-refractivity contribution < 1.29 is 0 Å². The van der Waals surface area contributed by atoms with E-state index in [4.69, 9.17) is 5.73 Å². The number of nitrogens with one attached hydrogen (secondary N) is 1. The maximum Gasteiger partial charge on any atom is 0.190 e. The fraction of sp³-hybridized carbons (Fsp3) is 0.800. The molecule has 1 aromatic heterocycles. The van der Waals surface area contributed by atoms with Gasteiger partial charge in [0, 0.05) is 25.6 Å². The van der Waals surface area contributed by atoms with Gasteiger partial charge in [0.1, 0.15) is 5.82 Å². The fourth-order valence-electron chi connectivity index (χ4n) is 2.04. The minimum absolute atomic E-state index is 0.363. The molecule has 0 saturated heterocycles. The summed E-state index contributed by atoms with van der Waals surface area (Å²) in [4.78, 5) is 4.37. The monoisotopic (exact) mass is 326 g/mol. The Bertz CT molecular complexity index is 469. The average molecular weight is 327 g/mol. The molecule has 1 rings (SSSR count). The standard InChI is InChI=1S/C15H30N6S/c1-6-12(4)18-14(16)17-9-7-8-13-19-20-15(22-5)21(13)10-11(2)3/h11-12H,6-10H2,1-5H3,(H3,16,17,18). The van der Waals surface area contributed by atoms with Gasteiger partial charge >= 0.3 is 0 Å². The van der Waals surface area contributed by atoms with Gasteiger partial charge in [0.2, 0.25) is 0 Å². The summed E-state index contributed by atoms with van der Waals surface area (Å²) in [5, 5.41) is 12.7. The number of nitrogens with zero attached hydrogens (tertiary/aromatic N) is 4. The van der Waals surface area contributed by atoms with Crippen LogP contribution in [0.4, 0.5) is 0 Å². The molecular weight excluding hydrogens is 296 g/mol. The van der Waals surface area contributed by atoms with Crippen LogP contribution in [0.15, 0.2) is 10.1 Å². The Labute approximate surface area is 138 Å². The lowest BCUT2D eigenvalue weighted by molar-refractivity contribution is 0.477. The van der Waals surface area contributed by atoms with Crippen LogP contribution in [0.3, 0.4) is 0 Å². The molecule has 1 atom stereocenters. The number of aryl methyl sites for hydroxylation is 1. The molecule has 6 nitrogen and oxygen atoms in total. The summed E-state index contributed by atoms with van der Waals surface area (Å²) in [7, 11) is 0. The zero-order chi connectivity index (χ0) is 16.5. The first-order valence-corrected chi connectivity index (χ1v) is 9.22. The van der Waals surface area contributed by atoms with Gasteiger partial charge in [-0.3, -0.25) is 4.99 Å². The highest BCUT2D eigenvalue weighted by Crippen LogP contribution is 2.16. The van der Waals surface area contributed by atoms with Crippen LogP contribution in [0.5, 0.6) is 0 Å². The molecule has 0 spiro atoms. The first-order valence-electron chi connectivity index (χ1n) is 8.00. The zero-order valence-corrected chi connectivity index (χ0v) is 15.3. The lowest BCUT2D eigenvalue weighted by atomic mass is 10.2. The summed E-state index contributed by atoms with van der Waals surface area (Å²) in [6.45, 7) is 10.3. The van der Waals surface area contributed by atoms with E-state index in [9.17, 15) is 0 Å². The Morgan fingerprint density at radius 3 is 2.68 bits per heavy atom. The molecule has 0 aliphatic carbocycles. The Morgan fingerprint density at radius 1 is 1.36 bits per heavy atom. The van der Waals surface area contributed by atoms with Crippen molar-refractivity contribution in [1.29, 1.82) is 0 Å². The molecule has 7 heteroatoms. The lowest BCUT2D eigenvalue weighted by Crippen LogP contribution is -2.38. The quantitative estimate of drug-likeness (QED) is 0.315. The number of hydrogen-bond donors (Lipinski definition) is 2. The van der Waals surface area contributed by atoms with Crippen molar-refractivity contribution in [3.05, 3.63) is 5.82 Å². The molecule has 1 heterocycles. The van der Waals surface area contributed by atoms with Crippen LogP contribution in [0.2, 0.25) is 0 Å². The second kappa shape index (κ2) is 9.71. The van der Waals surface area contributed by atoms with Crippen LogP contribution in [-0.2, 0) is 13.0 Å². The molecule has 1 aromatic rings. The average Bonchev–Trinajstić information content (AvgIpc) is 2.84. The minimum Gasteiger partial charge on any atom is -0.370 e. The second-order valence-electron chi connectivity index (χ2n) is 5.93. The topological polar surface area (TPSA) is 81.1 Å². The van der Waals surface area contributed by atoms with E-state index in [1.54, 1.807) is 11.8 Å². The molecule has 0 fully saturated rings. The number of aromatic nitrogens is 3. The van der Waals surface area contributed by atoms with E-state index in [0.29, 0.717) is 24.5 Å². The highest BCUT2D eigenvalue weighted by atomic mass is 32.2. The minimum atomic E-state index is 0.363. The molecule has 0 aliphatic rings. The normalized spacial score (nSPS) is 13.6. The van der Waals surface area contributed by atoms with Gasteiger partial charge in [-0.15, -0.1) is 10.2 Å². The smallest absolute Gasteiger partial charge is 0.190 e. The van der Waals surface area contributed by atoms with Crippen molar-refractivity contribution in [2.24, 2.45) is 16.6 Å². The summed E-state index contributed by atoms with van der Waals surface area (Å²) in [5.74, 6) is 2.15. The predicted octanol–water partition coefficient (Wildman–Crippen LogP) is 2.29. The van der Waals surface area contributed by atoms with Crippen molar-refractivity contribution in [2.45, 2.75) is 64.7 Å². The van der Waals surface area contributed by atoms with E-state index in [0.717, 1.165) is 36.8 Å². The largest absolute Gasteiger partial charge is 0.370 e. The number of rotatable bonds is 9. The molecule has 22 heavy (non-hydrogen) atoms. The summed E-state index contributed by atoms with van der Waals surface area (Å²) in [6.07, 6.45) is 4.87. The molecule has 126 valence electrons. The SMILES string of the molecule is CCC(C)NC(N)=NCCCc1nnc(SC)n1CC(C)C. The molecule has 0 aromatic carbocycles. The van der Waals surface area contributed by atoms with Crippen LogP contribution < -0.4 is 11.1 Å². The third kappa shape index (κ3) is 6.25. The van der Waals surface area contributed by atoms with Gasteiger partial charge in [-0.1, -0.05) is 32.5 Å². The van der Waals surface area contributed by atoms with Gasteiger partial charge in [-0.25, -0.2) is 0 Å². The number of aliphatic imine (C=N–C) groups is 1. The molecular formula is C15H30N6S. The van der Waals surface area contributed by atoms with Crippen molar-refractivity contribution in [3.8, 4) is 0 Å². The van der Waals surface area contributed by atoms with Gasteiger partial charge in [-0.2, -0.15) is 0 Å². The molecule has 0 saturated carbocycles. The lowest BCUT2D eigenvalue weighted by Gasteiger charge is -2.12. The second-order valence-corrected chi connectivity index (χ2v) is 6.70. The summed E-state index contributed by atoms with van der Waals surface area (Å²) < 4.78 is 2.22. The number of guanidine groups is 1. The maximum atomic E-state index is 5.85.